The van der Waals surface area contributed by atoms with E-state index in [1.165, 1.54) is 0 Å². The van der Waals surface area contributed by atoms with Crippen molar-refractivity contribution in [3.05, 3.63) is 17.0 Å². The molecule has 0 saturated heterocycles. The van der Waals surface area contributed by atoms with Crippen LogP contribution < -0.4 is 5.32 Å². The number of carbonyl (C=O) groups excluding carboxylic acids is 3. The lowest BCUT2D eigenvalue weighted by Crippen LogP contribution is -2.40. The molecule has 0 unspecified atom stereocenters. The summed E-state index contributed by atoms with van der Waals surface area (Å²) < 4.78 is 17.6. The summed E-state index contributed by atoms with van der Waals surface area (Å²) in [6, 6.07) is 0. The smallest absolute Gasteiger partial charge is 0.410 e. The summed E-state index contributed by atoms with van der Waals surface area (Å²) in [7, 11) is 0. The van der Waals surface area contributed by atoms with Gasteiger partial charge in [0.2, 0.25) is 0 Å². The Morgan fingerprint density at radius 2 is 1.72 bits per heavy atom. The number of alkyl carbamates (subject to hydrolysis) is 1. The van der Waals surface area contributed by atoms with Crippen LogP contribution in [-0.2, 0) is 33.7 Å². The van der Waals surface area contributed by atoms with E-state index in [4.69, 9.17) is 14.2 Å². The van der Waals surface area contributed by atoms with Crippen LogP contribution in [0.2, 0.25) is 0 Å². The molecule has 1 aliphatic rings. The van der Waals surface area contributed by atoms with Crippen LogP contribution in [0.5, 0.6) is 0 Å². The van der Waals surface area contributed by atoms with E-state index < -0.39 is 29.4 Å². The lowest BCUT2D eigenvalue weighted by atomic mass is 10.1. The zero-order chi connectivity index (χ0) is 24.1. The third-order valence-corrected chi connectivity index (χ3v) is 4.44. The third-order valence-electron chi connectivity index (χ3n) is 4.44. The van der Waals surface area contributed by atoms with Crippen LogP contribution in [0, 0.1) is 0 Å². The Hall–Kier alpha value is -2.78. The Balaban J connectivity index is 2.10. The molecule has 2 amide bonds. The summed E-state index contributed by atoms with van der Waals surface area (Å²) in [5, 5.41) is 7.29. The molecular weight excluding hydrogens is 416 g/mol. The van der Waals surface area contributed by atoms with Crippen LogP contribution >= 0.6 is 0 Å². The first-order valence-electron chi connectivity index (χ1n) is 11.0. The topological polar surface area (TPSA) is 112 Å². The van der Waals surface area contributed by atoms with Crippen LogP contribution in [-0.4, -0.2) is 63.7 Å². The molecule has 32 heavy (non-hydrogen) atoms. The van der Waals surface area contributed by atoms with Gasteiger partial charge in [0.15, 0.2) is 5.69 Å². The lowest BCUT2D eigenvalue weighted by Gasteiger charge is -2.29. The molecule has 10 nitrogen and oxygen atoms in total. The van der Waals surface area contributed by atoms with Crippen LogP contribution in [0.1, 0.15) is 76.6 Å². The Labute approximate surface area is 189 Å². The van der Waals surface area contributed by atoms with E-state index in [2.05, 4.69) is 10.4 Å². The second-order valence-electron chi connectivity index (χ2n) is 9.65. The van der Waals surface area contributed by atoms with Crippen molar-refractivity contribution in [2.75, 3.05) is 19.7 Å². The predicted octanol–water partition coefficient (Wildman–Crippen LogP) is 3.27. The summed E-state index contributed by atoms with van der Waals surface area (Å²) in [5.74, 6) is -0.479. The molecule has 0 aliphatic carbocycles. The molecular formula is C22H36N4O6. The van der Waals surface area contributed by atoms with Crippen molar-refractivity contribution in [3.63, 3.8) is 0 Å². The summed E-state index contributed by atoms with van der Waals surface area (Å²) in [5.41, 5.74) is 0.621. The van der Waals surface area contributed by atoms with Gasteiger partial charge in [0.05, 0.1) is 18.8 Å². The number of nitrogens with one attached hydrogen (secondary N) is 1. The SMILES string of the molecule is CCOC(=O)c1c2c(nn1CCCNC(=O)OC(C)(C)C)CCN(C(=O)OC(C)(C)C)C2. The minimum Gasteiger partial charge on any atom is -0.461 e. The second-order valence-corrected chi connectivity index (χ2v) is 9.65. The van der Waals surface area contributed by atoms with Crippen molar-refractivity contribution in [2.24, 2.45) is 0 Å². The Bertz CT molecular complexity index is 835. The van der Waals surface area contributed by atoms with Gasteiger partial charge >= 0.3 is 18.2 Å². The first-order valence-corrected chi connectivity index (χ1v) is 11.0. The Morgan fingerprint density at radius 1 is 1.06 bits per heavy atom. The molecule has 0 bridgehead atoms. The van der Waals surface area contributed by atoms with Crippen LogP contribution in [0.25, 0.3) is 0 Å². The quantitative estimate of drug-likeness (QED) is 0.400. The van der Waals surface area contributed by atoms with Gasteiger partial charge in [-0.3, -0.25) is 4.68 Å². The number of rotatable bonds is 6. The second kappa shape index (κ2) is 10.2. The molecule has 10 heteroatoms. The minimum atomic E-state index is -0.605. The molecule has 1 aromatic heterocycles. The third kappa shape index (κ3) is 7.42. The number of aromatic nitrogens is 2. The monoisotopic (exact) mass is 452 g/mol. The zero-order valence-electron chi connectivity index (χ0n) is 20.2. The summed E-state index contributed by atoms with van der Waals surface area (Å²) in [6.07, 6.45) is 0.148. The lowest BCUT2D eigenvalue weighted by molar-refractivity contribution is 0.0219. The highest BCUT2D eigenvalue weighted by molar-refractivity contribution is 5.90. The van der Waals surface area contributed by atoms with E-state index in [-0.39, 0.29) is 13.2 Å². The van der Waals surface area contributed by atoms with E-state index in [0.29, 0.717) is 43.7 Å². The van der Waals surface area contributed by atoms with Gasteiger partial charge in [0.1, 0.15) is 11.2 Å². The van der Waals surface area contributed by atoms with Gasteiger partial charge in [-0.1, -0.05) is 0 Å². The van der Waals surface area contributed by atoms with Gasteiger partial charge in [-0.2, -0.15) is 5.10 Å². The number of nitrogens with zero attached hydrogens (tertiary/aromatic N) is 3. The van der Waals surface area contributed by atoms with Crippen molar-refractivity contribution in [3.8, 4) is 0 Å². The van der Waals surface area contributed by atoms with Gasteiger partial charge < -0.3 is 24.4 Å². The summed E-state index contributed by atoms with van der Waals surface area (Å²) in [4.78, 5) is 38.6. The number of hydrogen-bond acceptors (Lipinski definition) is 7. The average Bonchev–Trinajstić information content (AvgIpc) is 3.00. The van der Waals surface area contributed by atoms with Crippen molar-refractivity contribution in [1.82, 2.24) is 20.0 Å². The normalized spacial score (nSPS) is 13.9. The van der Waals surface area contributed by atoms with Gasteiger partial charge in [-0.05, 0) is 54.9 Å². The van der Waals surface area contributed by atoms with E-state index in [1.807, 2.05) is 20.8 Å². The van der Waals surface area contributed by atoms with Gasteiger partial charge in [-0.15, -0.1) is 0 Å². The number of amides is 2. The maximum Gasteiger partial charge on any atom is 0.410 e. The molecule has 0 aromatic carbocycles. The van der Waals surface area contributed by atoms with Crippen LogP contribution in [0.15, 0.2) is 0 Å². The molecule has 180 valence electrons. The molecule has 0 atom stereocenters. The van der Waals surface area contributed by atoms with E-state index >= 15 is 0 Å². The first kappa shape index (κ1) is 25.5. The number of ether oxygens (including phenoxy) is 3. The molecule has 0 radical (unpaired) electrons. The van der Waals surface area contributed by atoms with Crippen LogP contribution in [0.4, 0.5) is 9.59 Å². The van der Waals surface area contributed by atoms with Crippen molar-refractivity contribution < 1.29 is 28.6 Å². The van der Waals surface area contributed by atoms with Gasteiger partial charge in [0, 0.05) is 31.6 Å². The van der Waals surface area contributed by atoms with Crippen LogP contribution in [0.3, 0.4) is 0 Å². The summed E-state index contributed by atoms with van der Waals surface area (Å²) in [6.45, 7) is 14.3. The molecule has 2 heterocycles. The highest BCUT2D eigenvalue weighted by atomic mass is 16.6. The number of fused-ring (bicyclic) bond motifs is 1. The molecule has 0 saturated carbocycles. The highest BCUT2D eigenvalue weighted by Crippen LogP contribution is 2.25. The van der Waals surface area contributed by atoms with E-state index in [0.717, 1.165) is 5.69 Å². The first-order chi connectivity index (χ1) is 14.8. The predicted molar refractivity (Wildman–Crippen MR) is 117 cm³/mol. The van der Waals surface area contributed by atoms with Gasteiger partial charge in [0.25, 0.3) is 0 Å². The van der Waals surface area contributed by atoms with Crippen molar-refractivity contribution >= 4 is 18.2 Å². The number of esters is 1. The largest absolute Gasteiger partial charge is 0.461 e. The Morgan fingerprint density at radius 3 is 2.31 bits per heavy atom. The maximum absolute atomic E-state index is 12.7. The number of hydrogen-bond donors (Lipinski definition) is 1. The molecule has 0 fully saturated rings. The standard InChI is InChI=1S/C22H36N4O6/c1-8-30-18(27)17-15-14-25(20(29)32-22(5,6)7)13-10-16(15)24-26(17)12-9-11-23-19(28)31-21(2,3)4/h8-14H2,1-7H3,(H,23,28). The minimum absolute atomic E-state index is 0.231. The zero-order valence-corrected chi connectivity index (χ0v) is 20.2. The fraction of sp³-hybridized carbons (Fsp3) is 0.727. The van der Waals surface area contributed by atoms with Gasteiger partial charge in [-0.25, -0.2) is 14.4 Å². The Kier molecular flexibility index (Phi) is 8.14. The summed E-state index contributed by atoms with van der Waals surface area (Å²) >= 11 is 0. The van der Waals surface area contributed by atoms with E-state index in [1.54, 1.807) is 37.3 Å². The number of aryl methyl sites for hydroxylation is 1. The fourth-order valence-corrected chi connectivity index (χ4v) is 3.23. The van der Waals surface area contributed by atoms with Crippen molar-refractivity contribution in [1.29, 1.82) is 0 Å². The highest BCUT2D eigenvalue weighted by Gasteiger charge is 2.32. The molecule has 0 spiro atoms. The molecule has 1 aliphatic heterocycles. The molecule has 1 N–H and O–H groups in total. The fourth-order valence-electron chi connectivity index (χ4n) is 3.23. The maximum atomic E-state index is 12.7. The average molecular weight is 453 g/mol. The van der Waals surface area contributed by atoms with E-state index in [9.17, 15) is 14.4 Å². The number of carbonyl (C=O) groups is 3. The van der Waals surface area contributed by atoms with Crippen molar-refractivity contribution in [2.45, 2.75) is 85.6 Å². The molecule has 1 aromatic rings. The molecule has 2 rings (SSSR count).